The van der Waals surface area contributed by atoms with E-state index in [4.69, 9.17) is 10.8 Å². The second-order valence-corrected chi connectivity index (χ2v) is 3.38. The van der Waals surface area contributed by atoms with Crippen LogP contribution in [0.4, 0.5) is 5.82 Å². The van der Waals surface area contributed by atoms with Gasteiger partial charge in [0.25, 0.3) is 0 Å². The molecule has 1 rings (SSSR count). The fourth-order valence-electron chi connectivity index (χ4n) is 1.46. The molecule has 4 nitrogen and oxygen atoms in total. The molecule has 0 aromatic carbocycles. The zero-order chi connectivity index (χ0) is 11.3. The molecule has 1 aromatic rings. The molecule has 0 aliphatic carbocycles. The highest BCUT2D eigenvalue weighted by atomic mass is 16.3. The summed E-state index contributed by atoms with van der Waals surface area (Å²) >= 11 is 0. The van der Waals surface area contributed by atoms with Crippen LogP contribution < -0.4 is 10.6 Å². The largest absolute Gasteiger partial charge is 0.394 e. The molecule has 1 unspecified atom stereocenters. The van der Waals surface area contributed by atoms with Crippen LogP contribution in [0.15, 0.2) is 18.2 Å². The molecule has 1 atom stereocenters. The Labute approximate surface area is 90.7 Å². The summed E-state index contributed by atoms with van der Waals surface area (Å²) in [5, 5.41) is 8.95. The molecule has 0 saturated heterocycles. The molecule has 3 N–H and O–H groups in total. The van der Waals surface area contributed by atoms with Crippen molar-refractivity contribution >= 4 is 5.82 Å². The fraction of sp³-hybridized carbons (Fsp3) is 0.545. The molecule has 84 valence electrons. The number of nitrogens with two attached hydrogens (primary N) is 1. The number of hydrogen-bond acceptors (Lipinski definition) is 4. The van der Waals surface area contributed by atoms with Gasteiger partial charge in [-0.25, -0.2) is 4.98 Å². The third kappa shape index (κ3) is 2.91. The second-order valence-electron chi connectivity index (χ2n) is 3.38. The van der Waals surface area contributed by atoms with Gasteiger partial charge in [0.05, 0.1) is 18.3 Å². The minimum atomic E-state index is -0.388. The molecule has 0 saturated carbocycles. The van der Waals surface area contributed by atoms with E-state index in [0.717, 1.165) is 24.6 Å². The van der Waals surface area contributed by atoms with Gasteiger partial charge in [0.2, 0.25) is 0 Å². The lowest BCUT2D eigenvalue weighted by molar-refractivity contribution is 0.266. The van der Waals surface area contributed by atoms with E-state index < -0.39 is 0 Å². The van der Waals surface area contributed by atoms with Gasteiger partial charge < -0.3 is 15.7 Å². The van der Waals surface area contributed by atoms with Gasteiger partial charge in [-0.3, -0.25) is 0 Å². The highest BCUT2D eigenvalue weighted by Gasteiger charge is 2.08. The minimum absolute atomic E-state index is 0.0747. The van der Waals surface area contributed by atoms with Crippen LogP contribution in [0, 0.1) is 0 Å². The topological polar surface area (TPSA) is 62.4 Å². The van der Waals surface area contributed by atoms with Gasteiger partial charge in [0.15, 0.2) is 0 Å². The summed E-state index contributed by atoms with van der Waals surface area (Å²) in [6, 6.07) is 5.33. The molecule has 0 spiro atoms. The van der Waals surface area contributed by atoms with Crippen LogP contribution in [0.5, 0.6) is 0 Å². The van der Waals surface area contributed by atoms with Crippen LogP contribution in [0.1, 0.15) is 25.6 Å². The van der Waals surface area contributed by atoms with E-state index in [1.165, 1.54) is 0 Å². The lowest BCUT2D eigenvalue weighted by Crippen LogP contribution is -2.24. The van der Waals surface area contributed by atoms with Gasteiger partial charge in [-0.2, -0.15) is 0 Å². The van der Waals surface area contributed by atoms with Crippen molar-refractivity contribution in [3.05, 3.63) is 23.9 Å². The van der Waals surface area contributed by atoms with Crippen LogP contribution >= 0.6 is 0 Å². The molecule has 0 aliphatic rings. The van der Waals surface area contributed by atoms with E-state index in [9.17, 15) is 0 Å². The van der Waals surface area contributed by atoms with Gasteiger partial charge in [-0.15, -0.1) is 0 Å². The van der Waals surface area contributed by atoms with Crippen molar-refractivity contribution in [3.63, 3.8) is 0 Å². The van der Waals surface area contributed by atoms with Crippen LogP contribution in [-0.2, 0) is 0 Å². The number of pyridine rings is 1. The number of aliphatic hydroxyl groups excluding tert-OH is 1. The first-order valence-corrected chi connectivity index (χ1v) is 5.31. The van der Waals surface area contributed by atoms with Crippen LogP contribution in [0.25, 0.3) is 0 Å². The summed E-state index contributed by atoms with van der Waals surface area (Å²) in [7, 11) is 0. The first-order chi connectivity index (χ1) is 7.22. The highest BCUT2D eigenvalue weighted by Crippen LogP contribution is 2.14. The Kier molecular flexibility index (Phi) is 4.52. The predicted octanol–water partition coefficient (Wildman–Crippen LogP) is 0.920. The summed E-state index contributed by atoms with van der Waals surface area (Å²) in [5.41, 5.74) is 6.45. The van der Waals surface area contributed by atoms with E-state index in [2.05, 4.69) is 23.7 Å². The third-order valence-electron chi connectivity index (χ3n) is 2.42. The van der Waals surface area contributed by atoms with Gasteiger partial charge in [0, 0.05) is 13.1 Å². The SMILES string of the molecule is CCN(CC)c1cccc(C(N)CO)n1. The average molecular weight is 209 g/mol. The first-order valence-electron chi connectivity index (χ1n) is 5.31. The number of rotatable bonds is 5. The van der Waals surface area contributed by atoms with E-state index in [-0.39, 0.29) is 12.6 Å². The van der Waals surface area contributed by atoms with Crippen molar-refractivity contribution in [2.75, 3.05) is 24.6 Å². The third-order valence-corrected chi connectivity index (χ3v) is 2.42. The molecule has 0 aliphatic heterocycles. The summed E-state index contributed by atoms with van der Waals surface area (Å²) in [6.45, 7) is 5.94. The van der Waals surface area contributed by atoms with Gasteiger partial charge >= 0.3 is 0 Å². The minimum Gasteiger partial charge on any atom is -0.394 e. The van der Waals surface area contributed by atoms with Crippen molar-refractivity contribution in [2.24, 2.45) is 5.73 Å². The van der Waals surface area contributed by atoms with Crippen LogP contribution in [-0.4, -0.2) is 29.8 Å². The van der Waals surface area contributed by atoms with Crippen LogP contribution in [0.2, 0.25) is 0 Å². The number of aliphatic hydroxyl groups is 1. The zero-order valence-corrected chi connectivity index (χ0v) is 9.35. The van der Waals surface area contributed by atoms with Gasteiger partial charge in [0.1, 0.15) is 5.82 Å². The summed E-state index contributed by atoms with van der Waals surface area (Å²) in [6.07, 6.45) is 0. The Morgan fingerprint density at radius 1 is 1.40 bits per heavy atom. The number of anilines is 1. The molecule has 0 fully saturated rings. The van der Waals surface area contributed by atoms with Crippen molar-refractivity contribution < 1.29 is 5.11 Å². The number of hydrogen-bond donors (Lipinski definition) is 2. The van der Waals surface area contributed by atoms with E-state index >= 15 is 0 Å². The maximum atomic E-state index is 8.95. The molecule has 1 heterocycles. The monoisotopic (exact) mass is 209 g/mol. The van der Waals surface area contributed by atoms with Crippen molar-refractivity contribution in [3.8, 4) is 0 Å². The van der Waals surface area contributed by atoms with Gasteiger partial charge in [-0.1, -0.05) is 6.07 Å². The van der Waals surface area contributed by atoms with E-state index in [0.29, 0.717) is 0 Å². The molecule has 0 bridgehead atoms. The summed E-state index contributed by atoms with van der Waals surface area (Å²) in [4.78, 5) is 6.57. The van der Waals surface area contributed by atoms with Crippen molar-refractivity contribution in [1.29, 1.82) is 0 Å². The summed E-state index contributed by atoms with van der Waals surface area (Å²) in [5.74, 6) is 0.918. The highest BCUT2D eigenvalue weighted by molar-refractivity contribution is 5.39. The molecular formula is C11H19N3O. The first kappa shape index (κ1) is 11.9. The Bertz CT molecular complexity index is 300. The molecule has 0 radical (unpaired) electrons. The Balaban J connectivity index is 2.91. The Hall–Kier alpha value is -1.13. The fourth-order valence-corrected chi connectivity index (χ4v) is 1.46. The van der Waals surface area contributed by atoms with Gasteiger partial charge in [-0.05, 0) is 26.0 Å². The maximum Gasteiger partial charge on any atom is 0.128 e. The molecular weight excluding hydrogens is 190 g/mol. The molecule has 1 aromatic heterocycles. The molecule has 0 amide bonds. The normalized spacial score (nSPS) is 12.5. The smallest absolute Gasteiger partial charge is 0.128 e. The number of aromatic nitrogens is 1. The lowest BCUT2D eigenvalue weighted by Gasteiger charge is -2.20. The zero-order valence-electron chi connectivity index (χ0n) is 9.35. The maximum absolute atomic E-state index is 8.95. The van der Waals surface area contributed by atoms with E-state index in [1.54, 1.807) is 0 Å². The molecule has 4 heteroatoms. The van der Waals surface area contributed by atoms with Crippen molar-refractivity contribution in [2.45, 2.75) is 19.9 Å². The Morgan fingerprint density at radius 3 is 2.60 bits per heavy atom. The van der Waals surface area contributed by atoms with Crippen molar-refractivity contribution in [1.82, 2.24) is 4.98 Å². The predicted molar refractivity (Wildman–Crippen MR) is 61.8 cm³/mol. The van der Waals surface area contributed by atoms with Crippen LogP contribution in [0.3, 0.4) is 0 Å². The lowest BCUT2D eigenvalue weighted by atomic mass is 10.2. The second kappa shape index (κ2) is 5.68. The average Bonchev–Trinajstić information content (AvgIpc) is 2.30. The molecule has 15 heavy (non-hydrogen) atoms. The standard InChI is InChI=1S/C11H19N3O/c1-3-14(4-2)11-7-5-6-10(13-11)9(12)8-15/h5-7,9,15H,3-4,8,12H2,1-2H3. The quantitative estimate of drug-likeness (QED) is 0.757. The summed E-state index contributed by atoms with van der Waals surface area (Å²) < 4.78 is 0. The van der Waals surface area contributed by atoms with E-state index in [1.807, 2.05) is 18.2 Å². The Morgan fingerprint density at radius 2 is 2.07 bits per heavy atom. The number of nitrogens with zero attached hydrogens (tertiary/aromatic N) is 2.